The molecule has 2 heterocycles. The Morgan fingerprint density at radius 3 is 2.94 bits per heavy atom. The molecule has 1 atom stereocenters. The smallest absolute Gasteiger partial charge is 0.490 e. The molecule has 0 aromatic heterocycles. The van der Waals surface area contributed by atoms with Gasteiger partial charge in [-0.2, -0.15) is 0 Å². The summed E-state index contributed by atoms with van der Waals surface area (Å²) in [6.07, 6.45) is -0.0924. The van der Waals surface area contributed by atoms with Crippen LogP contribution >= 0.6 is 23.2 Å². The molecular weight excluding hydrogens is 250 g/mol. The molecule has 0 amide bonds. The van der Waals surface area contributed by atoms with E-state index in [0.29, 0.717) is 29.0 Å². The Bertz CT molecular complexity index is 452. The van der Waals surface area contributed by atoms with E-state index in [1.54, 1.807) is 6.07 Å². The molecule has 84 valence electrons. The third-order valence-electron chi connectivity index (χ3n) is 2.83. The molecule has 1 aromatic rings. The van der Waals surface area contributed by atoms with Crippen LogP contribution in [0, 0.1) is 0 Å². The van der Waals surface area contributed by atoms with Crippen LogP contribution < -0.4 is 10.2 Å². The number of hydrogen-bond acceptors (Lipinski definition) is 3. The van der Waals surface area contributed by atoms with Gasteiger partial charge in [0.2, 0.25) is 0 Å². The van der Waals surface area contributed by atoms with Crippen molar-refractivity contribution in [2.75, 3.05) is 13.2 Å². The van der Waals surface area contributed by atoms with Crippen molar-refractivity contribution in [2.45, 2.75) is 13.0 Å². The van der Waals surface area contributed by atoms with Crippen LogP contribution in [0.15, 0.2) is 6.07 Å². The zero-order chi connectivity index (χ0) is 11.3. The summed E-state index contributed by atoms with van der Waals surface area (Å²) in [5, 5.41) is 1.12. The van der Waals surface area contributed by atoms with E-state index in [2.05, 4.69) is 0 Å². The first-order valence-electron chi connectivity index (χ1n) is 5.10. The van der Waals surface area contributed by atoms with Crippen LogP contribution in [0.3, 0.4) is 0 Å². The molecule has 3 nitrogen and oxygen atoms in total. The fourth-order valence-electron chi connectivity index (χ4n) is 2.17. The quantitative estimate of drug-likeness (QED) is 0.668. The Labute approximate surface area is 104 Å². The number of ether oxygens (including phenoxy) is 1. The molecule has 0 aliphatic carbocycles. The molecule has 2 aliphatic heterocycles. The van der Waals surface area contributed by atoms with E-state index in [9.17, 15) is 0 Å². The van der Waals surface area contributed by atoms with Crippen LogP contribution in [0.1, 0.15) is 18.6 Å². The maximum atomic E-state index is 6.17. The number of rotatable bonds is 0. The van der Waals surface area contributed by atoms with E-state index < -0.39 is 7.12 Å². The molecule has 0 bridgehead atoms. The van der Waals surface area contributed by atoms with Crippen LogP contribution in [-0.4, -0.2) is 20.3 Å². The summed E-state index contributed by atoms with van der Waals surface area (Å²) in [5.41, 5.74) is 1.77. The van der Waals surface area contributed by atoms with Gasteiger partial charge in [0, 0.05) is 16.0 Å². The standard InChI is InChI=1S/C10H9BCl2O3/c1-5-8-6(12)4-7(13)10-9(8)11(16-5)15-3-2-14-10/h4-5H,2-3H2,1H3/t5-/m1/s1. The normalized spacial score (nSPS) is 22.7. The molecule has 0 unspecified atom stereocenters. The van der Waals surface area contributed by atoms with Crippen molar-refractivity contribution in [1.29, 1.82) is 0 Å². The monoisotopic (exact) mass is 258 g/mol. The van der Waals surface area contributed by atoms with Crippen molar-refractivity contribution in [3.8, 4) is 5.75 Å². The minimum atomic E-state index is -0.404. The van der Waals surface area contributed by atoms with E-state index >= 15 is 0 Å². The first-order chi connectivity index (χ1) is 7.68. The average molecular weight is 259 g/mol. The fraction of sp³-hybridized carbons (Fsp3) is 0.400. The van der Waals surface area contributed by atoms with Gasteiger partial charge in [0.25, 0.3) is 0 Å². The third-order valence-corrected chi connectivity index (χ3v) is 3.42. The lowest BCUT2D eigenvalue weighted by atomic mass is 9.78. The van der Waals surface area contributed by atoms with E-state index in [0.717, 1.165) is 11.0 Å². The van der Waals surface area contributed by atoms with Gasteiger partial charge >= 0.3 is 7.12 Å². The second-order valence-corrected chi connectivity index (χ2v) is 4.64. The summed E-state index contributed by atoms with van der Waals surface area (Å²) in [6.45, 7) is 2.90. The molecule has 16 heavy (non-hydrogen) atoms. The zero-order valence-corrected chi connectivity index (χ0v) is 10.1. The highest BCUT2D eigenvalue weighted by Crippen LogP contribution is 2.38. The van der Waals surface area contributed by atoms with Gasteiger partial charge in [-0.15, -0.1) is 0 Å². The molecule has 0 radical (unpaired) electrons. The Hall–Kier alpha value is -0.415. The Morgan fingerprint density at radius 2 is 2.12 bits per heavy atom. The molecule has 0 N–H and O–H groups in total. The minimum absolute atomic E-state index is 0.0924. The SMILES string of the molecule is C[C@H]1OB2OCCOc3c(Cl)cc(Cl)c1c32. The van der Waals surface area contributed by atoms with Crippen molar-refractivity contribution in [1.82, 2.24) is 0 Å². The van der Waals surface area contributed by atoms with Crippen molar-refractivity contribution >= 4 is 35.8 Å². The molecule has 2 aliphatic rings. The lowest BCUT2D eigenvalue weighted by molar-refractivity contribution is 0.153. The minimum Gasteiger partial charge on any atom is -0.490 e. The van der Waals surface area contributed by atoms with Crippen molar-refractivity contribution in [2.24, 2.45) is 0 Å². The first-order valence-corrected chi connectivity index (χ1v) is 5.85. The Balaban J connectivity index is 2.27. The van der Waals surface area contributed by atoms with Gasteiger partial charge in [0.1, 0.15) is 12.4 Å². The van der Waals surface area contributed by atoms with Crippen LogP contribution in [0.5, 0.6) is 5.75 Å². The highest BCUT2D eigenvalue weighted by Gasteiger charge is 2.42. The van der Waals surface area contributed by atoms with Crippen LogP contribution in [0.4, 0.5) is 0 Å². The third kappa shape index (κ3) is 1.45. The second kappa shape index (κ2) is 3.81. The molecule has 0 saturated heterocycles. The summed E-state index contributed by atoms with van der Waals surface area (Å²) in [4.78, 5) is 0. The zero-order valence-electron chi connectivity index (χ0n) is 8.63. The maximum Gasteiger partial charge on any atom is 0.498 e. The van der Waals surface area contributed by atoms with Crippen LogP contribution in [0.2, 0.25) is 10.0 Å². The maximum absolute atomic E-state index is 6.17. The second-order valence-electron chi connectivity index (χ2n) is 3.83. The van der Waals surface area contributed by atoms with Crippen molar-refractivity contribution in [3.63, 3.8) is 0 Å². The molecule has 0 fully saturated rings. The predicted molar refractivity (Wildman–Crippen MR) is 62.8 cm³/mol. The molecule has 3 rings (SSSR count). The highest BCUT2D eigenvalue weighted by molar-refractivity contribution is 6.65. The van der Waals surface area contributed by atoms with Gasteiger partial charge < -0.3 is 14.0 Å². The predicted octanol–water partition coefficient (Wildman–Crippen LogP) is 2.19. The van der Waals surface area contributed by atoms with Gasteiger partial charge in [0.15, 0.2) is 0 Å². The molecular formula is C10H9BCl2O3. The van der Waals surface area contributed by atoms with Gasteiger partial charge in [-0.25, -0.2) is 0 Å². The molecule has 0 saturated carbocycles. The lowest BCUT2D eigenvalue weighted by Gasteiger charge is -2.12. The number of halogens is 2. The summed E-state index contributed by atoms with van der Waals surface area (Å²) in [5.74, 6) is 0.646. The van der Waals surface area contributed by atoms with E-state index in [1.165, 1.54) is 0 Å². The molecule has 1 aromatic carbocycles. The fourth-order valence-corrected chi connectivity index (χ4v) is 2.86. The summed E-state index contributed by atoms with van der Waals surface area (Å²) in [6, 6.07) is 1.70. The van der Waals surface area contributed by atoms with E-state index in [4.69, 9.17) is 37.2 Å². The largest absolute Gasteiger partial charge is 0.498 e. The van der Waals surface area contributed by atoms with Gasteiger partial charge in [-0.3, -0.25) is 0 Å². The Morgan fingerprint density at radius 1 is 1.31 bits per heavy atom. The number of hydrogen-bond donors (Lipinski definition) is 0. The van der Waals surface area contributed by atoms with E-state index in [-0.39, 0.29) is 6.10 Å². The molecule has 6 heteroatoms. The highest BCUT2D eigenvalue weighted by atomic mass is 35.5. The molecule has 0 spiro atoms. The first kappa shape index (κ1) is 10.7. The van der Waals surface area contributed by atoms with Gasteiger partial charge in [-0.05, 0) is 13.0 Å². The van der Waals surface area contributed by atoms with Crippen molar-refractivity contribution < 1.29 is 14.0 Å². The average Bonchev–Trinajstić information content (AvgIpc) is 2.43. The van der Waals surface area contributed by atoms with Gasteiger partial charge in [0.05, 0.1) is 17.7 Å². The number of benzene rings is 1. The van der Waals surface area contributed by atoms with Gasteiger partial charge in [-0.1, -0.05) is 23.2 Å². The van der Waals surface area contributed by atoms with Crippen molar-refractivity contribution in [3.05, 3.63) is 21.7 Å². The lowest BCUT2D eigenvalue weighted by Crippen LogP contribution is -2.31. The summed E-state index contributed by atoms with van der Waals surface area (Å²) in [7, 11) is -0.404. The summed E-state index contributed by atoms with van der Waals surface area (Å²) < 4.78 is 16.8. The van der Waals surface area contributed by atoms with Crippen LogP contribution in [-0.2, 0) is 9.31 Å². The summed E-state index contributed by atoms with van der Waals surface area (Å²) >= 11 is 12.3. The topological polar surface area (TPSA) is 27.7 Å². The van der Waals surface area contributed by atoms with E-state index in [1.807, 2.05) is 6.92 Å². The van der Waals surface area contributed by atoms with Crippen LogP contribution in [0.25, 0.3) is 0 Å². The Kier molecular flexibility index (Phi) is 2.55.